The van der Waals surface area contributed by atoms with Crippen molar-refractivity contribution >= 4 is 5.82 Å². The second-order valence-electron chi connectivity index (χ2n) is 5.05. The molecule has 0 aliphatic carbocycles. The Hall–Kier alpha value is -1.95. The van der Waals surface area contributed by atoms with Gasteiger partial charge in [0, 0.05) is 36.6 Å². The summed E-state index contributed by atoms with van der Waals surface area (Å²) in [6.07, 6.45) is -0.612. The predicted molar refractivity (Wildman–Crippen MR) is 77.6 cm³/mol. The lowest BCUT2D eigenvalue weighted by Gasteiger charge is -2.13. The SMILES string of the molecule is Cc1cc(NCC(O)c2c(C)nn(C)c2C)nc(C)n1. The number of nitrogens with zero attached hydrogens (tertiary/aromatic N) is 4. The highest BCUT2D eigenvalue weighted by atomic mass is 16.3. The van der Waals surface area contributed by atoms with Gasteiger partial charge in [-0.15, -0.1) is 0 Å². The van der Waals surface area contributed by atoms with Crippen LogP contribution in [-0.4, -0.2) is 31.4 Å². The van der Waals surface area contributed by atoms with Gasteiger partial charge in [-0.05, 0) is 27.7 Å². The normalized spacial score (nSPS) is 12.5. The second kappa shape index (κ2) is 5.58. The largest absolute Gasteiger partial charge is 0.386 e. The number of hydrogen-bond acceptors (Lipinski definition) is 5. The molecule has 2 N–H and O–H groups in total. The van der Waals surface area contributed by atoms with Crippen LogP contribution < -0.4 is 5.32 Å². The van der Waals surface area contributed by atoms with Gasteiger partial charge in [-0.1, -0.05) is 0 Å². The van der Waals surface area contributed by atoms with Gasteiger partial charge in [-0.25, -0.2) is 9.97 Å². The number of aromatic nitrogens is 4. The molecule has 0 radical (unpaired) electrons. The zero-order valence-electron chi connectivity index (χ0n) is 12.6. The summed E-state index contributed by atoms with van der Waals surface area (Å²) in [5.41, 5.74) is 3.62. The first-order chi connectivity index (χ1) is 9.38. The molecule has 1 unspecified atom stereocenters. The summed E-state index contributed by atoms with van der Waals surface area (Å²) in [5.74, 6) is 1.45. The number of aliphatic hydroxyl groups excluding tert-OH is 1. The lowest BCUT2D eigenvalue weighted by molar-refractivity contribution is 0.190. The average Bonchev–Trinajstić information content (AvgIpc) is 2.59. The molecule has 2 rings (SSSR count). The lowest BCUT2D eigenvalue weighted by atomic mass is 10.1. The summed E-state index contributed by atoms with van der Waals surface area (Å²) < 4.78 is 1.78. The molecule has 2 aromatic rings. The molecule has 108 valence electrons. The van der Waals surface area contributed by atoms with E-state index in [4.69, 9.17) is 0 Å². The highest BCUT2D eigenvalue weighted by Crippen LogP contribution is 2.21. The Bertz CT molecular complexity index is 600. The Morgan fingerprint density at radius 1 is 1.25 bits per heavy atom. The van der Waals surface area contributed by atoms with E-state index in [0.29, 0.717) is 6.54 Å². The quantitative estimate of drug-likeness (QED) is 0.886. The molecule has 0 bridgehead atoms. The van der Waals surface area contributed by atoms with E-state index in [9.17, 15) is 5.11 Å². The summed E-state index contributed by atoms with van der Waals surface area (Å²) in [6, 6.07) is 1.86. The fourth-order valence-electron chi connectivity index (χ4n) is 2.38. The monoisotopic (exact) mass is 275 g/mol. The van der Waals surface area contributed by atoms with Crippen LogP contribution >= 0.6 is 0 Å². The summed E-state index contributed by atoms with van der Waals surface area (Å²) in [4.78, 5) is 8.52. The summed E-state index contributed by atoms with van der Waals surface area (Å²) in [5, 5.41) is 17.8. The van der Waals surface area contributed by atoms with Crippen molar-refractivity contribution in [1.29, 1.82) is 0 Å². The van der Waals surface area contributed by atoms with E-state index in [1.807, 2.05) is 40.8 Å². The van der Waals surface area contributed by atoms with Crippen LogP contribution in [0, 0.1) is 27.7 Å². The first kappa shape index (κ1) is 14.5. The van der Waals surface area contributed by atoms with E-state index in [1.54, 1.807) is 4.68 Å². The Balaban J connectivity index is 2.10. The third-order valence-corrected chi connectivity index (χ3v) is 3.34. The van der Waals surface area contributed by atoms with Crippen molar-refractivity contribution in [3.63, 3.8) is 0 Å². The molecular formula is C14H21N5O. The van der Waals surface area contributed by atoms with Gasteiger partial charge in [-0.2, -0.15) is 5.10 Å². The van der Waals surface area contributed by atoms with Crippen molar-refractivity contribution in [3.05, 3.63) is 34.5 Å². The maximum atomic E-state index is 10.3. The van der Waals surface area contributed by atoms with Crippen molar-refractivity contribution < 1.29 is 5.11 Å². The van der Waals surface area contributed by atoms with E-state index in [1.165, 1.54) is 0 Å². The van der Waals surface area contributed by atoms with Crippen molar-refractivity contribution in [2.45, 2.75) is 33.8 Å². The van der Waals surface area contributed by atoms with E-state index in [-0.39, 0.29) is 0 Å². The third kappa shape index (κ3) is 2.96. The molecule has 0 aliphatic rings. The average molecular weight is 275 g/mol. The Morgan fingerprint density at radius 3 is 2.50 bits per heavy atom. The zero-order chi connectivity index (χ0) is 14.9. The smallest absolute Gasteiger partial charge is 0.130 e. The molecule has 6 nitrogen and oxygen atoms in total. The molecule has 6 heteroatoms. The fourth-order valence-corrected chi connectivity index (χ4v) is 2.38. The molecule has 0 saturated carbocycles. The van der Waals surface area contributed by atoms with Gasteiger partial charge >= 0.3 is 0 Å². The maximum absolute atomic E-state index is 10.3. The van der Waals surface area contributed by atoms with Gasteiger partial charge in [0.1, 0.15) is 11.6 Å². The molecule has 0 spiro atoms. The van der Waals surface area contributed by atoms with Crippen LogP contribution in [0.15, 0.2) is 6.07 Å². The Morgan fingerprint density at radius 2 is 1.95 bits per heavy atom. The number of nitrogens with one attached hydrogen (secondary N) is 1. The second-order valence-corrected chi connectivity index (χ2v) is 5.05. The summed E-state index contributed by atoms with van der Waals surface area (Å²) >= 11 is 0. The molecule has 2 heterocycles. The first-order valence-electron chi connectivity index (χ1n) is 6.62. The summed E-state index contributed by atoms with van der Waals surface area (Å²) in [7, 11) is 1.88. The van der Waals surface area contributed by atoms with E-state index < -0.39 is 6.10 Å². The summed E-state index contributed by atoms with van der Waals surface area (Å²) in [6.45, 7) is 8.03. The topological polar surface area (TPSA) is 75.9 Å². The van der Waals surface area contributed by atoms with Crippen LogP contribution in [0.4, 0.5) is 5.82 Å². The molecule has 20 heavy (non-hydrogen) atoms. The van der Waals surface area contributed by atoms with Crippen molar-refractivity contribution in [3.8, 4) is 0 Å². The Labute approximate surface area is 118 Å². The van der Waals surface area contributed by atoms with Crippen LogP contribution in [-0.2, 0) is 7.05 Å². The predicted octanol–water partition coefficient (Wildman–Crippen LogP) is 1.59. The third-order valence-electron chi connectivity index (χ3n) is 3.34. The molecule has 0 aliphatic heterocycles. The van der Waals surface area contributed by atoms with Crippen LogP contribution in [0.2, 0.25) is 0 Å². The maximum Gasteiger partial charge on any atom is 0.130 e. The van der Waals surface area contributed by atoms with Gasteiger partial charge in [0.25, 0.3) is 0 Å². The first-order valence-corrected chi connectivity index (χ1v) is 6.62. The lowest BCUT2D eigenvalue weighted by Crippen LogP contribution is -2.15. The van der Waals surface area contributed by atoms with E-state index >= 15 is 0 Å². The molecule has 1 atom stereocenters. The van der Waals surface area contributed by atoms with Crippen molar-refractivity contribution in [1.82, 2.24) is 19.7 Å². The van der Waals surface area contributed by atoms with E-state index in [2.05, 4.69) is 20.4 Å². The molecule has 0 fully saturated rings. The number of rotatable bonds is 4. The van der Waals surface area contributed by atoms with Crippen LogP contribution in [0.25, 0.3) is 0 Å². The van der Waals surface area contributed by atoms with Crippen molar-refractivity contribution in [2.24, 2.45) is 7.05 Å². The zero-order valence-corrected chi connectivity index (χ0v) is 12.6. The standard InChI is InChI=1S/C14H21N5O/c1-8-6-13(17-11(4)16-8)15-7-12(20)14-9(2)18-19(5)10(14)3/h6,12,20H,7H2,1-5H3,(H,15,16,17). The fraction of sp³-hybridized carbons (Fsp3) is 0.500. The van der Waals surface area contributed by atoms with Crippen molar-refractivity contribution in [2.75, 3.05) is 11.9 Å². The number of aliphatic hydroxyl groups is 1. The highest BCUT2D eigenvalue weighted by Gasteiger charge is 2.17. The highest BCUT2D eigenvalue weighted by molar-refractivity contribution is 5.37. The molecule has 2 aromatic heterocycles. The van der Waals surface area contributed by atoms with Gasteiger partial charge in [0.2, 0.25) is 0 Å². The van der Waals surface area contributed by atoms with Gasteiger partial charge < -0.3 is 10.4 Å². The molecule has 0 aromatic carbocycles. The Kier molecular flexibility index (Phi) is 4.04. The number of aryl methyl sites for hydroxylation is 4. The number of hydrogen-bond donors (Lipinski definition) is 2. The van der Waals surface area contributed by atoms with Crippen LogP contribution in [0.3, 0.4) is 0 Å². The molecule has 0 saturated heterocycles. The molecule has 0 amide bonds. The minimum Gasteiger partial charge on any atom is -0.386 e. The van der Waals surface area contributed by atoms with Gasteiger partial charge in [0.15, 0.2) is 0 Å². The molecular weight excluding hydrogens is 254 g/mol. The van der Waals surface area contributed by atoms with Crippen LogP contribution in [0.1, 0.15) is 34.6 Å². The minimum absolute atomic E-state index is 0.392. The van der Waals surface area contributed by atoms with Gasteiger partial charge in [-0.3, -0.25) is 4.68 Å². The van der Waals surface area contributed by atoms with E-state index in [0.717, 1.165) is 34.3 Å². The minimum atomic E-state index is -0.612. The van der Waals surface area contributed by atoms with Crippen LogP contribution in [0.5, 0.6) is 0 Å². The van der Waals surface area contributed by atoms with Gasteiger partial charge in [0.05, 0.1) is 11.8 Å². The number of anilines is 1.